The molecule has 2 nitrogen and oxygen atoms in total. The molecule has 0 aliphatic rings. The normalized spacial score (nSPS) is 11.5. The van der Waals surface area contributed by atoms with E-state index in [0.717, 1.165) is 29.7 Å². The predicted octanol–water partition coefficient (Wildman–Crippen LogP) is 3.11. The Morgan fingerprint density at radius 1 is 1.31 bits per heavy atom. The number of nitrogens with one attached hydrogen (secondary N) is 1. The fraction of sp³-hybridized carbons (Fsp3) is 0.385. The largest absolute Gasteiger partial charge is 0.461 e. The van der Waals surface area contributed by atoms with E-state index in [1.54, 1.807) is 6.07 Å². The van der Waals surface area contributed by atoms with Crippen LogP contribution >= 0.6 is 0 Å². The first kappa shape index (κ1) is 11.1. The summed E-state index contributed by atoms with van der Waals surface area (Å²) in [4.78, 5) is 0. The Kier molecular flexibility index (Phi) is 3.25. The summed E-state index contributed by atoms with van der Waals surface area (Å²) in [5, 5.41) is 4.15. The fourth-order valence-electron chi connectivity index (χ4n) is 1.68. The lowest BCUT2D eigenvalue weighted by atomic mass is 10.2. The van der Waals surface area contributed by atoms with Gasteiger partial charge in [0.25, 0.3) is 0 Å². The van der Waals surface area contributed by atoms with Crippen molar-refractivity contribution in [2.45, 2.75) is 26.3 Å². The molecule has 0 amide bonds. The minimum Gasteiger partial charge on any atom is -0.461 e. The molecule has 1 aromatic carbocycles. The van der Waals surface area contributed by atoms with E-state index in [1.165, 1.54) is 12.1 Å². The third kappa shape index (κ3) is 2.61. The van der Waals surface area contributed by atoms with E-state index in [2.05, 4.69) is 19.2 Å². The number of benzene rings is 1. The van der Waals surface area contributed by atoms with Gasteiger partial charge >= 0.3 is 0 Å². The Balaban J connectivity index is 2.08. The van der Waals surface area contributed by atoms with E-state index in [4.69, 9.17) is 4.42 Å². The Bertz CT molecular complexity index is 476. The van der Waals surface area contributed by atoms with Crippen LogP contribution in [0.2, 0.25) is 0 Å². The molecule has 16 heavy (non-hydrogen) atoms. The highest BCUT2D eigenvalue weighted by Gasteiger charge is 2.04. The van der Waals surface area contributed by atoms with Crippen LogP contribution in [0.3, 0.4) is 0 Å². The van der Waals surface area contributed by atoms with Crippen molar-refractivity contribution in [2.75, 3.05) is 6.54 Å². The molecular weight excluding hydrogens is 205 g/mol. The number of fused-ring (bicyclic) bond motifs is 1. The second-order valence-corrected chi connectivity index (χ2v) is 4.25. The summed E-state index contributed by atoms with van der Waals surface area (Å²) in [6.45, 7) is 5.09. The second-order valence-electron chi connectivity index (χ2n) is 4.25. The first-order valence-electron chi connectivity index (χ1n) is 5.56. The van der Waals surface area contributed by atoms with Gasteiger partial charge in [0.1, 0.15) is 17.2 Å². The van der Waals surface area contributed by atoms with E-state index in [0.29, 0.717) is 6.04 Å². The summed E-state index contributed by atoms with van der Waals surface area (Å²) in [7, 11) is 0. The van der Waals surface area contributed by atoms with Crippen molar-refractivity contribution in [3.8, 4) is 0 Å². The van der Waals surface area contributed by atoms with E-state index >= 15 is 0 Å². The minimum absolute atomic E-state index is 0.222. The van der Waals surface area contributed by atoms with Gasteiger partial charge in [-0.1, -0.05) is 13.8 Å². The highest BCUT2D eigenvalue weighted by atomic mass is 19.1. The monoisotopic (exact) mass is 221 g/mol. The SMILES string of the molecule is CC(C)NCCc1cc2cc(F)ccc2o1. The molecular formula is C13H16FNO. The van der Waals surface area contributed by atoms with E-state index < -0.39 is 0 Å². The first-order chi connectivity index (χ1) is 7.65. The van der Waals surface area contributed by atoms with Crippen molar-refractivity contribution in [3.63, 3.8) is 0 Å². The Morgan fingerprint density at radius 3 is 2.88 bits per heavy atom. The number of furan rings is 1. The number of rotatable bonds is 4. The van der Waals surface area contributed by atoms with Crippen molar-refractivity contribution in [2.24, 2.45) is 0 Å². The topological polar surface area (TPSA) is 25.2 Å². The van der Waals surface area contributed by atoms with Crippen LogP contribution in [0.1, 0.15) is 19.6 Å². The van der Waals surface area contributed by atoms with Crippen molar-refractivity contribution < 1.29 is 8.81 Å². The lowest BCUT2D eigenvalue weighted by Crippen LogP contribution is -2.24. The molecule has 0 fully saturated rings. The van der Waals surface area contributed by atoms with Crippen LogP contribution in [0.15, 0.2) is 28.7 Å². The molecule has 0 aliphatic heterocycles. The summed E-state index contributed by atoms with van der Waals surface area (Å²) in [6, 6.07) is 6.96. The van der Waals surface area contributed by atoms with Gasteiger partial charge in [0, 0.05) is 24.4 Å². The van der Waals surface area contributed by atoms with Gasteiger partial charge in [-0.25, -0.2) is 4.39 Å². The van der Waals surface area contributed by atoms with Crippen LogP contribution in [0, 0.1) is 5.82 Å². The van der Waals surface area contributed by atoms with E-state index in [-0.39, 0.29) is 5.82 Å². The molecule has 0 bridgehead atoms. The highest BCUT2D eigenvalue weighted by molar-refractivity contribution is 5.77. The summed E-state index contributed by atoms with van der Waals surface area (Å²) in [5.41, 5.74) is 0.751. The molecule has 0 radical (unpaired) electrons. The average Bonchev–Trinajstić information content (AvgIpc) is 2.58. The highest BCUT2D eigenvalue weighted by Crippen LogP contribution is 2.20. The van der Waals surface area contributed by atoms with Crippen LogP contribution in [-0.4, -0.2) is 12.6 Å². The lowest BCUT2D eigenvalue weighted by Gasteiger charge is -2.05. The second kappa shape index (κ2) is 4.66. The van der Waals surface area contributed by atoms with Crippen LogP contribution in [0.4, 0.5) is 4.39 Å². The molecule has 2 aromatic rings. The molecule has 0 atom stereocenters. The number of hydrogen-bond donors (Lipinski definition) is 1. The summed E-state index contributed by atoms with van der Waals surface area (Å²) in [6.07, 6.45) is 0.828. The van der Waals surface area contributed by atoms with Crippen LogP contribution in [0.5, 0.6) is 0 Å². The van der Waals surface area contributed by atoms with Gasteiger partial charge in [-0.3, -0.25) is 0 Å². The average molecular weight is 221 g/mol. The third-order valence-corrected chi connectivity index (χ3v) is 2.45. The molecule has 0 unspecified atom stereocenters. The maximum atomic E-state index is 12.9. The number of halogens is 1. The summed E-state index contributed by atoms with van der Waals surface area (Å²) in [5.74, 6) is 0.675. The molecule has 2 rings (SSSR count). The molecule has 0 saturated carbocycles. The Labute approximate surface area is 94.4 Å². The van der Waals surface area contributed by atoms with Gasteiger partial charge in [-0.2, -0.15) is 0 Å². The zero-order valence-electron chi connectivity index (χ0n) is 9.59. The lowest BCUT2D eigenvalue weighted by molar-refractivity contribution is 0.515. The zero-order valence-corrected chi connectivity index (χ0v) is 9.59. The van der Waals surface area contributed by atoms with Gasteiger partial charge in [0.2, 0.25) is 0 Å². The Hall–Kier alpha value is -1.35. The van der Waals surface area contributed by atoms with E-state index in [9.17, 15) is 4.39 Å². The van der Waals surface area contributed by atoms with Crippen molar-refractivity contribution in [3.05, 3.63) is 35.8 Å². The van der Waals surface area contributed by atoms with Crippen LogP contribution in [-0.2, 0) is 6.42 Å². The molecule has 0 spiro atoms. The number of hydrogen-bond acceptors (Lipinski definition) is 2. The zero-order chi connectivity index (χ0) is 11.5. The predicted molar refractivity (Wildman–Crippen MR) is 63.0 cm³/mol. The molecule has 0 aliphatic carbocycles. The maximum absolute atomic E-state index is 12.9. The maximum Gasteiger partial charge on any atom is 0.134 e. The van der Waals surface area contributed by atoms with Crippen LogP contribution in [0.25, 0.3) is 11.0 Å². The smallest absolute Gasteiger partial charge is 0.134 e. The van der Waals surface area contributed by atoms with Crippen molar-refractivity contribution in [1.82, 2.24) is 5.32 Å². The molecule has 3 heteroatoms. The molecule has 1 aromatic heterocycles. The molecule has 1 heterocycles. The van der Waals surface area contributed by atoms with Gasteiger partial charge in [0.05, 0.1) is 0 Å². The van der Waals surface area contributed by atoms with Gasteiger partial charge < -0.3 is 9.73 Å². The van der Waals surface area contributed by atoms with E-state index in [1.807, 2.05) is 6.07 Å². The van der Waals surface area contributed by atoms with Gasteiger partial charge in [-0.15, -0.1) is 0 Å². The van der Waals surface area contributed by atoms with Crippen molar-refractivity contribution >= 4 is 11.0 Å². The van der Waals surface area contributed by atoms with Gasteiger partial charge in [-0.05, 0) is 24.3 Å². The van der Waals surface area contributed by atoms with Gasteiger partial charge in [0.15, 0.2) is 0 Å². The first-order valence-corrected chi connectivity index (χ1v) is 5.56. The summed E-state index contributed by atoms with van der Waals surface area (Å²) < 4.78 is 18.5. The summed E-state index contributed by atoms with van der Waals surface area (Å²) >= 11 is 0. The molecule has 0 saturated heterocycles. The van der Waals surface area contributed by atoms with Crippen molar-refractivity contribution in [1.29, 1.82) is 0 Å². The Morgan fingerprint density at radius 2 is 2.12 bits per heavy atom. The standard InChI is InChI=1S/C13H16FNO/c1-9(2)15-6-5-12-8-10-7-11(14)3-4-13(10)16-12/h3-4,7-9,15H,5-6H2,1-2H3. The quantitative estimate of drug-likeness (QED) is 0.858. The fourth-order valence-corrected chi connectivity index (χ4v) is 1.68. The minimum atomic E-state index is -0.222. The molecule has 1 N–H and O–H groups in total. The third-order valence-electron chi connectivity index (χ3n) is 2.45. The molecule has 86 valence electrons. The van der Waals surface area contributed by atoms with Crippen LogP contribution < -0.4 is 5.32 Å².